The van der Waals surface area contributed by atoms with E-state index in [1.54, 1.807) is 20.3 Å². The lowest BCUT2D eigenvalue weighted by Crippen LogP contribution is -2.07. The summed E-state index contributed by atoms with van der Waals surface area (Å²) in [5, 5.41) is 12.0. The molecule has 0 bridgehead atoms. The molecular weight excluding hydrogens is 282 g/mol. The number of nitriles is 1. The maximum atomic E-state index is 9.07. The number of oxazole rings is 1. The Balaban J connectivity index is 2.16. The van der Waals surface area contributed by atoms with E-state index in [0.717, 1.165) is 11.3 Å². The van der Waals surface area contributed by atoms with Crippen LogP contribution in [-0.4, -0.2) is 32.4 Å². The number of anilines is 1. The second-order valence-electron chi connectivity index (χ2n) is 4.34. The first-order chi connectivity index (χ1) is 10.8. The third-order valence-corrected chi connectivity index (χ3v) is 2.89. The molecule has 0 unspecified atom stereocenters. The van der Waals surface area contributed by atoms with Gasteiger partial charge in [0.25, 0.3) is 0 Å². The molecule has 0 aliphatic carbocycles. The molecule has 0 aliphatic heterocycles. The van der Waals surface area contributed by atoms with Crippen molar-refractivity contribution in [3.8, 4) is 11.8 Å². The number of hydrogen-bond acceptors (Lipinski definition) is 6. The van der Waals surface area contributed by atoms with E-state index in [9.17, 15) is 0 Å². The molecule has 6 heteroatoms. The number of nitrogens with one attached hydrogen (secondary N) is 1. The molecule has 0 atom stereocenters. The summed E-state index contributed by atoms with van der Waals surface area (Å²) >= 11 is 0. The smallest absolute Gasteiger partial charge is 0.232 e. The molecule has 1 heterocycles. The van der Waals surface area contributed by atoms with Gasteiger partial charge in [0.15, 0.2) is 0 Å². The molecule has 0 amide bonds. The van der Waals surface area contributed by atoms with E-state index in [1.807, 2.05) is 36.4 Å². The topological polar surface area (TPSA) is 80.3 Å². The summed E-state index contributed by atoms with van der Waals surface area (Å²) in [6.07, 6.45) is 3.52. The molecule has 0 saturated carbocycles. The van der Waals surface area contributed by atoms with Gasteiger partial charge in [-0.05, 0) is 12.1 Å². The zero-order chi connectivity index (χ0) is 15.8. The molecule has 1 aromatic carbocycles. The predicted molar refractivity (Wildman–Crippen MR) is 83.5 cm³/mol. The summed E-state index contributed by atoms with van der Waals surface area (Å²) in [6.45, 7) is 1.05. The van der Waals surface area contributed by atoms with E-state index >= 15 is 0 Å². The van der Waals surface area contributed by atoms with Gasteiger partial charge >= 0.3 is 0 Å². The second kappa shape index (κ2) is 7.86. The van der Waals surface area contributed by atoms with Crippen LogP contribution < -0.4 is 10.1 Å². The van der Waals surface area contributed by atoms with Crippen molar-refractivity contribution < 1.29 is 13.9 Å². The van der Waals surface area contributed by atoms with Crippen LogP contribution in [0.3, 0.4) is 0 Å². The Hall–Kier alpha value is -2.78. The molecule has 0 fully saturated rings. The highest BCUT2D eigenvalue weighted by atomic mass is 16.5. The van der Waals surface area contributed by atoms with Crippen molar-refractivity contribution in [1.82, 2.24) is 4.98 Å². The minimum Gasteiger partial charge on any atom is -0.496 e. The number of rotatable bonds is 7. The van der Waals surface area contributed by atoms with Crippen LogP contribution in [0.2, 0.25) is 0 Å². The standard InChI is InChI=1S/C16H17N3O3/c1-20-10-9-18-16-13(11-17)19-15(22-16)8-7-12-5-3-4-6-14(12)21-2/h3-8,18H,9-10H2,1-2H3. The molecule has 1 N–H and O–H groups in total. The van der Waals surface area contributed by atoms with Crippen LogP contribution in [0.1, 0.15) is 17.1 Å². The van der Waals surface area contributed by atoms with Crippen molar-refractivity contribution in [2.24, 2.45) is 0 Å². The molecule has 22 heavy (non-hydrogen) atoms. The van der Waals surface area contributed by atoms with Crippen LogP contribution in [-0.2, 0) is 4.74 Å². The fourth-order valence-corrected chi connectivity index (χ4v) is 1.84. The van der Waals surface area contributed by atoms with Gasteiger partial charge in [-0.2, -0.15) is 10.2 Å². The molecule has 114 valence electrons. The molecule has 1 aromatic heterocycles. The third kappa shape index (κ3) is 3.87. The fourth-order valence-electron chi connectivity index (χ4n) is 1.84. The number of hydrogen-bond donors (Lipinski definition) is 1. The molecule has 2 rings (SSSR count). The average Bonchev–Trinajstić information content (AvgIpc) is 2.95. The van der Waals surface area contributed by atoms with Gasteiger partial charge in [-0.3, -0.25) is 0 Å². The van der Waals surface area contributed by atoms with E-state index in [2.05, 4.69) is 10.3 Å². The summed E-state index contributed by atoms with van der Waals surface area (Å²) in [5.41, 5.74) is 1.12. The number of nitrogens with zero attached hydrogens (tertiary/aromatic N) is 2. The Morgan fingerprint density at radius 3 is 2.86 bits per heavy atom. The lowest BCUT2D eigenvalue weighted by Gasteiger charge is -2.02. The monoisotopic (exact) mass is 299 g/mol. The van der Waals surface area contributed by atoms with E-state index in [4.69, 9.17) is 19.2 Å². The highest BCUT2D eigenvalue weighted by molar-refractivity contribution is 5.70. The van der Waals surface area contributed by atoms with E-state index < -0.39 is 0 Å². The number of ether oxygens (including phenoxy) is 2. The van der Waals surface area contributed by atoms with Crippen LogP contribution >= 0.6 is 0 Å². The fraction of sp³-hybridized carbons (Fsp3) is 0.250. The van der Waals surface area contributed by atoms with Crippen molar-refractivity contribution in [2.45, 2.75) is 0 Å². The number of methoxy groups -OCH3 is 2. The molecule has 0 saturated heterocycles. The van der Waals surface area contributed by atoms with Gasteiger partial charge in [0, 0.05) is 25.3 Å². The van der Waals surface area contributed by atoms with Crippen LogP contribution in [0.4, 0.5) is 5.88 Å². The van der Waals surface area contributed by atoms with E-state index in [-0.39, 0.29) is 5.69 Å². The van der Waals surface area contributed by atoms with Gasteiger partial charge in [-0.25, -0.2) is 0 Å². The van der Waals surface area contributed by atoms with Gasteiger partial charge in [0.1, 0.15) is 11.8 Å². The lowest BCUT2D eigenvalue weighted by atomic mass is 10.2. The zero-order valence-corrected chi connectivity index (χ0v) is 12.5. The Morgan fingerprint density at radius 2 is 2.14 bits per heavy atom. The summed E-state index contributed by atoms with van der Waals surface area (Å²) in [5.74, 6) is 1.45. The Bertz CT molecular complexity index is 686. The van der Waals surface area contributed by atoms with Crippen LogP contribution in [0.15, 0.2) is 28.7 Å². The van der Waals surface area contributed by atoms with Gasteiger partial charge in [-0.15, -0.1) is 0 Å². The first-order valence-electron chi connectivity index (χ1n) is 6.73. The first-order valence-corrected chi connectivity index (χ1v) is 6.73. The van der Waals surface area contributed by atoms with Gasteiger partial charge in [0.05, 0.1) is 13.7 Å². The highest BCUT2D eigenvalue weighted by Gasteiger charge is 2.10. The third-order valence-electron chi connectivity index (χ3n) is 2.89. The van der Waals surface area contributed by atoms with Gasteiger partial charge in [0.2, 0.25) is 17.5 Å². The largest absolute Gasteiger partial charge is 0.496 e. The minimum atomic E-state index is 0.218. The second-order valence-corrected chi connectivity index (χ2v) is 4.34. The Labute approximate surface area is 129 Å². The summed E-state index contributed by atoms with van der Waals surface area (Å²) in [6, 6.07) is 9.59. The van der Waals surface area contributed by atoms with Crippen molar-refractivity contribution in [3.63, 3.8) is 0 Å². The molecule has 0 radical (unpaired) electrons. The SMILES string of the molecule is COCCNc1oc(C=Cc2ccccc2OC)nc1C#N. The summed E-state index contributed by atoms with van der Waals surface area (Å²) in [4.78, 5) is 4.12. The molecule has 2 aromatic rings. The van der Waals surface area contributed by atoms with Crippen molar-refractivity contribution in [2.75, 3.05) is 32.7 Å². The molecule has 0 aliphatic rings. The number of aromatic nitrogens is 1. The minimum absolute atomic E-state index is 0.218. The zero-order valence-electron chi connectivity index (χ0n) is 12.5. The van der Waals surface area contributed by atoms with E-state index in [1.165, 1.54) is 0 Å². The van der Waals surface area contributed by atoms with Crippen molar-refractivity contribution in [1.29, 1.82) is 5.26 Å². The highest BCUT2D eigenvalue weighted by Crippen LogP contribution is 2.22. The van der Waals surface area contributed by atoms with Gasteiger partial charge in [-0.1, -0.05) is 18.2 Å². The Kier molecular flexibility index (Phi) is 5.57. The molecule has 0 spiro atoms. The summed E-state index contributed by atoms with van der Waals surface area (Å²) < 4.78 is 15.7. The van der Waals surface area contributed by atoms with Gasteiger partial charge < -0.3 is 19.2 Å². The number of para-hydroxylation sites is 1. The molecule has 6 nitrogen and oxygen atoms in total. The maximum absolute atomic E-state index is 9.07. The lowest BCUT2D eigenvalue weighted by molar-refractivity contribution is 0.210. The average molecular weight is 299 g/mol. The first kappa shape index (κ1) is 15.6. The quantitative estimate of drug-likeness (QED) is 0.792. The van der Waals surface area contributed by atoms with Crippen molar-refractivity contribution in [3.05, 3.63) is 41.4 Å². The summed E-state index contributed by atoms with van der Waals surface area (Å²) in [7, 11) is 3.22. The predicted octanol–water partition coefficient (Wildman–Crippen LogP) is 2.78. The Morgan fingerprint density at radius 1 is 1.32 bits per heavy atom. The number of benzene rings is 1. The normalized spacial score (nSPS) is 10.6. The maximum Gasteiger partial charge on any atom is 0.232 e. The van der Waals surface area contributed by atoms with Crippen LogP contribution in [0.5, 0.6) is 5.75 Å². The van der Waals surface area contributed by atoms with Crippen LogP contribution in [0, 0.1) is 11.3 Å². The van der Waals surface area contributed by atoms with Crippen LogP contribution in [0.25, 0.3) is 12.2 Å². The molecular formula is C16H17N3O3. The van der Waals surface area contributed by atoms with E-state index in [0.29, 0.717) is 24.9 Å². The van der Waals surface area contributed by atoms with Crippen molar-refractivity contribution >= 4 is 18.0 Å².